The monoisotopic (exact) mass is 254 g/mol. The van der Waals surface area contributed by atoms with Gasteiger partial charge in [-0.05, 0) is 42.4 Å². The Bertz CT molecular complexity index is 259. The first kappa shape index (κ1) is 14.7. The zero-order valence-electron chi connectivity index (χ0n) is 11.2. The molecule has 0 fully saturated rings. The summed E-state index contributed by atoms with van der Waals surface area (Å²) in [6.07, 6.45) is 5.39. The summed E-state index contributed by atoms with van der Waals surface area (Å²) < 4.78 is 0. The van der Waals surface area contributed by atoms with Crippen LogP contribution >= 0.6 is 11.3 Å². The highest BCUT2D eigenvalue weighted by Gasteiger charge is 1.99. The maximum absolute atomic E-state index is 3.52. The van der Waals surface area contributed by atoms with Gasteiger partial charge < -0.3 is 10.2 Å². The van der Waals surface area contributed by atoms with Crippen LogP contribution in [0.1, 0.15) is 38.2 Å². The SMILES string of the molecule is CCCCCCNCCN(C)Cc1ccsc1. The standard InChI is InChI=1S/C14H26N2S/c1-3-4-5-6-8-15-9-10-16(2)12-14-7-11-17-13-14/h7,11,13,15H,3-6,8-10,12H2,1-2H3. The van der Waals surface area contributed by atoms with Gasteiger partial charge in [-0.25, -0.2) is 0 Å². The molecule has 0 spiro atoms. The number of unbranched alkanes of at least 4 members (excludes halogenated alkanes) is 3. The third-order valence-electron chi connectivity index (χ3n) is 2.91. The molecule has 1 rings (SSSR count). The number of rotatable bonds is 10. The second kappa shape index (κ2) is 9.63. The molecule has 0 bridgehead atoms. The maximum atomic E-state index is 3.52. The number of nitrogens with one attached hydrogen (secondary N) is 1. The molecule has 0 radical (unpaired) electrons. The van der Waals surface area contributed by atoms with Crippen molar-refractivity contribution in [3.8, 4) is 0 Å². The first-order chi connectivity index (χ1) is 8.33. The van der Waals surface area contributed by atoms with Crippen molar-refractivity contribution in [2.75, 3.05) is 26.7 Å². The highest BCUT2D eigenvalue weighted by Crippen LogP contribution is 2.07. The molecule has 0 amide bonds. The highest BCUT2D eigenvalue weighted by molar-refractivity contribution is 7.07. The molecule has 0 saturated carbocycles. The van der Waals surface area contributed by atoms with E-state index in [4.69, 9.17) is 0 Å². The van der Waals surface area contributed by atoms with Gasteiger partial charge in [-0.15, -0.1) is 0 Å². The molecule has 0 aliphatic heterocycles. The number of nitrogens with zero attached hydrogens (tertiary/aromatic N) is 1. The Kier molecular flexibility index (Phi) is 8.32. The molecule has 98 valence electrons. The van der Waals surface area contributed by atoms with Gasteiger partial charge in [0.15, 0.2) is 0 Å². The fourth-order valence-corrected chi connectivity index (χ4v) is 2.50. The third kappa shape index (κ3) is 7.53. The van der Waals surface area contributed by atoms with Crippen molar-refractivity contribution in [2.45, 2.75) is 39.2 Å². The van der Waals surface area contributed by atoms with Crippen LogP contribution in [0.3, 0.4) is 0 Å². The lowest BCUT2D eigenvalue weighted by molar-refractivity contribution is 0.324. The van der Waals surface area contributed by atoms with Crippen LogP contribution < -0.4 is 5.32 Å². The molecule has 0 saturated heterocycles. The van der Waals surface area contributed by atoms with E-state index in [9.17, 15) is 0 Å². The van der Waals surface area contributed by atoms with Gasteiger partial charge in [0.2, 0.25) is 0 Å². The second-order valence-electron chi connectivity index (χ2n) is 4.68. The molecule has 1 aromatic rings. The average Bonchev–Trinajstić information content (AvgIpc) is 2.80. The molecule has 0 unspecified atom stereocenters. The van der Waals surface area contributed by atoms with E-state index < -0.39 is 0 Å². The normalized spacial score (nSPS) is 11.2. The summed E-state index contributed by atoms with van der Waals surface area (Å²) in [6, 6.07) is 2.21. The first-order valence-electron chi connectivity index (χ1n) is 6.73. The lowest BCUT2D eigenvalue weighted by atomic mass is 10.2. The largest absolute Gasteiger partial charge is 0.315 e. The van der Waals surface area contributed by atoms with Crippen molar-refractivity contribution in [3.05, 3.63) is 22.4 Å². The molecule has 17 heavy (non-hydrogen) atoms. The van der Waals surface area contributed by atoms with Crippen LogP contribution in [-0.2, 0) is 6.54 Å². The zero-order chi connectivity index (χ0) is 12.3. The summed E-state index contributed by atoms with van der Waals surface area (Å²) in [5.74, 6) is 0. The Labute approximate surface area is 110 Å². The summed E-state index contributed by atoms with van der Waals surface area (Å²) in [7, 11) is 2.19. The molecular weight excluding hydrogens is 228 g/mol. The topological polar surface area (TPSA) is 15.3 Å². The van der Waals surface area contributed by atoms with Crippen molar-refractivity contribution in [3.63, 3.8) is 0 Å². The number of hydrogen-bond acceptors (Lipinski definition) is 3. The van der Waals surface area contributed by atoms with Gasteiger partial charge in [0.25, 0.3) is 0 Å². The molecule has 2 nitrogen and oxygen atoms in total. The van der Waals surface area contributed by atoms with E-state index in [1.807, 2.05) is 0 Å². The predicted molar refractivity (Wildman–Crippen MR) is 77.7 cm³/mol. The minimum Gasteiger partial charge on any atom is -0.315 e. The van der Waals surface area contributed by atoms with Crippen molar-refractivity contribution in [2.24, 2.45) is 0 Å². The van der Waals surface area contributed by atoms with Crippen LogP contribution in [0.2, 0.25) is 0 Å². The summed E-state index contributed by atoms with van der Waals surface area (Å²) in [5.41, 5.74) is 1.43. The number of likely N-dealkylation sites (N-methyl/N-ethyl adjacent to an activating group) is 1. The predicted octanol–water partition coefficient (Wildman–Crippen LogP) is 3.35. The smallest absolute Gasteiger partial charge is 0.0239 e. The van der Waals surface area contributed by atoms with Gasteiger partial charge in [0.1, 0.15) is 0 Å². The van der Waals surface area contributed by atoms with Crippen molar-refractivity contribution < 1.29 is 0 Å². The minimum absolute atomic E-state index is 1.07. The van der Waals surface area contributed by atoms with E-state index >= 15 is 0 Å². The van der Waals surface area contributed by atoms with Crippen molar-refractivity contribution in [1.82, 2.24) is 10.2 Å². The molecule has 0 aliphatic carbocycles. The molecule has 1 aromatic heterocycles. The fourth-order valence-electron chi connectivity index (χ4n) is 1.85. The van der Waals surface area contributed by atoms with Gasteiger partial charge in [-0.3, -0.25) is 0 Å². The minimum atomic E-state index is 1.07. The van der Waals surface area contributed by atoms with Crippen LogP contribution in [0.15, 0.2) is 16.8 Å². The van der Waals surface area contributed by atoms with E-state index in [2.05, 4.69) is 41.0 Å². The second-order valence-corrected chi connectivity index (χ2v) is 5.46. The Morgan fingerprint density at radius 2 is 2.12 bits per heavy atom. The molecule has 3 heteroatoms. The van der Waals surface area contributed by atoms with Crippen LogP contribution in [0, 0.1) is 0 Å². The van der Waals surface area contributed by atoms with E-state index in [1.165, 1.54) is 37.8 Å². The van der Waals surface area contributed by atoms with E-state index in [0.717, 1.165) is 19.6 Å². The molecule has 1 heterocycles. The van der Waals surface area contributed by atoms with Crippen molar-refractivity contribution >= 4 is 11.3 Å². The third-order valence-corrected chi connectivity index (χ3v) is 3.64. The van der Waals surface area contributed by atoms with Crippen LogP contribution in [0.5, 0.6) is 0 Å². The quantitative estimate of drug-likeness (QED) is 0.644. The van der Waals surface area contributed by atoms with E-state index in [1.54, 1.807) is 11.3 Å². The summed E-state index contributed by atoms with van der Waals surface area (Å²) in [6.45, 7) is 6.73. The molecule has 1 N–H and O–H groups in total. The average molecular weight is 254 g/mol. The van der Waals surface area contributed by atoms with Gasteiger partial charge in [-0.2, -0.15) is 11.3 Å². The van der Waals surface area contributed by atoms with E-state index in [-0.39, 0.29) is 0 Å². The summed E-state index contributed by atoms with van der Waals surface area (Å²) in [5, 5.41) is 7.89. The van der Waals surface area contributed by atoms with Crippen LogP contribution in [0.4, 0.5) is 0 Å². The summed E-state index contributed by atoms with van der Waals surface area (Å²) >= 11 is 1.78. The van der Waals surface area contributed by atoms with Gasteiger partial charge in [-0.1, -0.05) is 26.2 Å². The van der Waals surface area contributed by atoms with Gasteiger partial charge in [0, 0.05) is 19.6 Å². The molecule has 0 aliphatic rings. The number of hydrogen-bond donors (Lipinski definition) is 1. The van der Waals surface area contributed by atoms with Crippen LogP contribution in [-0.4, -0.2) is 31.6 Å². The van der Waals surface area contributed by atoms with Crippen LogP contribution in [0.25, 0.3) is 0 Å². The van der Waals surface area contributed by atoms with Gasteiger partial charge >= 0.3 is 0 Å². The molecular formula is C14H26N2S. The highest BCUT2D eigenvalue weighted by atomic mass is 32.1. The zero-order valence-corrected chi connectivity index (χ0v) is 12.1. The first-order valence-corrected chi connectivity index (χ1v) is 7.67. The molecule has 0 aromatic carbocycles. The van der Waals surface area contributed by atoms with Gasteiger partial charge in [0.05, 0.1) is 0 Å². The lowest BCUT2D eigenvalue weighted by Crippen LogP contribution is -2.29. The Balaban J connectivity index is 1.92. The fraction of sp³-hybridized carbons (Fsp3) is 0.714. The maximum Gasteiger partial charge on any atom is 0.0239 e. The van der Waals surface area contributed by atoms with E-state index in [0.29, 0.717) is 0 Å². The Morgan fingerprint density at radius 1 is 1.24 bits per heavy atom. The van der Waals surface area contributed by atoms with Crippen molar-refractivity contribution in [1.29, 1.82) is 0 Å². The Morgan fingerprint density at radius 3 is 2.82 bits per heavy atom. The summed E-state index contributed by atoms with van der Waals surface area (Å²) in [4.78, 5) is 2.38. The number of thiophene rings is 1. The lowest BCUT2D eigenvalue weighted by Gasteiger charge is -2.16. The Hall–Kier alpha value is -0.380. The molecule has 0 atom stereocenters.